The van der Waals surface area contributed by atoms with E-state index in [0.29, 0.717) is 11.4 Å². The predicted molar refractivity (Wildman–Crippen MR) is 104 cm³/mol. The normalized spacial score (nSPS) is 20.3. The highest BCUT2D eigenvalue weighted by atomic mass is 32.2. The van der Waals surface area contributed by atoms with Gasteiger partial charge in [0.1, 0.15) is 5.75 Å². The first-order valence-corrected chi connectivity index (χ1v) is 9.65. The summed E-state index contributed by atoms with van der Waals surface area (Å²) in [6, 6.07) is 15.0. The topological polar surface area (TPSA) is 24.5 Å². The van der Waals surface area contributed by atoms with Gasteiger partial charge in [-0.3, -0.25) is 0 Å². The molecule has 0 unspecified atom stereocenters. The van der Waals surface area contributed by atoms with Gasteiger partial charge >= 0.3 is 5.51 Å². The molecule has 3 rings (SSSR count). The Hall–Kier alpha value is -1.86. The van der Waals surface area contributed by atoms with Gasteiger partial charge in [-0.05, 0) is 54.9 Å². The number of thioether (sulfide) groups is 1. The van der Waals surface area contributed by atoms with Crippen LogP contribution in [0.3, 0.4) is 0 Å². The molecule has 1 aliphatic rings. The van der Waals surface area contributed by atoms with Gasteiger partial charge in [-0.1, -0.05) is 30.3 Å². The van der Waals surface area contributed by atoms with Crippen molar-refractivity contribution in [3.05, 3.63) is 54.1 Å². The largest absolute Gasteiger partial charge is 0.495 e. The molecule has 0 amide bonds. The highest BCUT2D eigenvalue weighted by Crippen LogP contribution is 2.42. The number of benzene rings is 2. The van der Waals surface area contributed by atoms with Gasteiger partial charge in [0.15, 0.2) is 0 Å². The highest BCUT2D eigenvalue weighted by molar-refractivity contribution is 8.00. The molecule has 1 N–H and O–H groups in total. The zero-order chi connectivity index (χ0) is 19.4. The number of halogens is 3. The van der Waals surface area contributed by atoms with Crippen molar-refractivity contribution in [3.8, 4) is 5.75 Å². The number of ether oxygens (including phenoxy) is 1. The summed E-state index contributed by atoms with van der Waals surface area (Å²) in [6.45, 7) is 0.922. The number of alkyl halides is 3. The zero-order valence-corrected chi connectivity index (χ0v) is 16.1. The van der Waals surface area contributed by atoms with Gasteiger partial charge in [0.05, 0.1) is 18.8 Å². The van der Waals surface area contributed by atoms with Crippen LogP contribution in [0.25, 0.3) is 0 Å². The van der Waals surface area contributed by atoms with Gasteiger partial charge in [-0.25, -0.2) is 0 Å². The molecule has 0 aromatic heterocycles. The first-order chi connectivity index (χ1) is 12.9. The Morgan fingerprint density at radius 1 is 1.15 bits per heavy atom. The van der Waals surface area contributed by atoms with Crippen LogP contribution in [0.1, 0.15) is 24.4 Å². The minimum absolute atomic E-state index is 0.103. The van der Waals surface area contributed by atoms with Crippen LogP contribution in [0.5, 0.6) is 5.75 Å². The van der Waals surface area contributed by atoms with Crippen molar-refractivity contribution < 1.29 is 17.9 Å². The third-order valence-corrected chi connectivity index (χ3v) is 5.57. The van der Waals surface area contributed by atoms with Crippen molar-refractivity contribution >= 4 is 17.4 Å². The summed E-state index contributed by atoms with van der Waals surface area (Å²) in [4.78, 5) is 2.20. The second kappa shape index (κ2) is 8.44. The number of likely N-dealkylation sites (N-methyl/N-ethyl adjacent to an activating group) is 1. The third-order valence-electron chi connectivity index (χ3n) is 4.85. The standard InChI is InChI=1S/C20H23F3N2OS/c1-25(16-9-6-12-24-19(16)14-7-4-3-5-8-14)17-13-15(27-20(21,22)23)10-11-18(17)26-2/h3-5,7-8,10-11,13,16,19,24H,6,9,12H2,1-2H3/t16-,19-/m1/s1. The Labute approximate surface area is 161 Å². The minimum Gasteiger partial charge on any atom is -0.495 e. The Morgan fingerprint density at radius 3 is 2.56 bits per heavy atom. The lowest BCUT2D eigenvalue weighted by atomic mass is 9.91. The summed E-state index contributed by atoms with van der Waals surface area (Å²) >= 11 is -0.103. The molecular formula is C20H23F3N2OS. The first-order valence-electron chi connectivity index (χ1n) is 8.84. The van der Waals surface area contributed by atoms with Crippen molar-refractivity contribution in [1.82, 2.24) is 5.32 Å². The third kappa shape index (κ3) is 4.90. The van der Waals surface area contributed by atoms with E-state index in [1.807, 2.05) is 30.1 Å². The zero-order valence-electron chi connectivity index (χ0n) is 15.3. The van der Waals surface area contributed by atoms with E-state index in [2.05, 4.69) is 17.4 Å². The van der Waals surface area contributed by atoms with Crippen LogP contribution in [0.2, 0.25) is 0 Å². The van der Waals surface area contributed by atoms with E-state index in [1.165, 1.54) is 18.7 Å². The molecule has 1 saturated heterocycles. The molecule has 0 saturated carbocycles. The second-order valence-corrected chi connectivity index (χ2v) is 7.68. The van der Waals surface area contributed by atoms with Crippen LogP contribution in [-0.2, 0) is 0 Å². The number of methoxy groups -OCH3 is 1. The average molecular weight is 396 g/mol. The molecule has 1 aliphatic heterocycles. The molecule has 1 heterocycles. The van der Waals surface area contributed by atoms with Gasteiger partial charge < -0.3 is 15.0 Å². The maximum Gasteiger partial charge on any atom is 0.446 e. The number of hydrogen-bond acceptors (Lipinski definition) is 4. The summed E-state index contributed by atoms with van der Waals surface area (Å²) in [5.74, 6) is 0.571. The van der Waals surface area contributed by atoms with E-state index in [-0.39, 0.29) is 28.7 Å². The summed E-state index contributed by atoms with van der Waals surface area (Å²) < 4.78 is 43.8. The highest BCUT2D eigenvalue weighted by Gasteiger charge is 2.32. The lowest BCUT2D eigenvalue weighted by Gasteiger charge is -2.40. The summed E-state index contributed by atoms with van der Waals surface area (Å²) in [5, 5.41) is 3.56. The van der Waals surface area contributed by atoms with Crippen LogP contribution in [0.4, 0.5) is 18.9 Å². The Bertz CT molecular complexity index is 755. The molecule has 27 heavy (non-hydrogen) atoms. The van der Waals surface area contributed by atoms with E-state index in [1.54, 1.807) is 12.1 Å². The van der Waals surface area contributed by atoms with Crippen LogP contribution < -0.4 is 15.0 Å². The molecule has 2 atom stereocenters. The molecule has 2 aromatic rings. The van der Waals surface area contributed by atoms with Crippen LogP contribution in [-0.4, -0.2) is 32.3 Å². The fourth-order valence-corrected chi connectivity index (χ4v) is 4.18. The van der Waals surface area contributed by atoms with Gasteiger partial charge in [0, 0.05) is 18.0 Å². The molecule has 3 nitrogen and oxygen atoms in total. The lowest BCUT2D eigenvalue weighted by molar-refractivity contribution is -0.0328. The summed E-state index contributed by atoms with van der Waals surface area (Å²) in [6.07, 6.45) is 1.96. The fourth-order valence-electron chi connectivity index (χ4n) is 3.61. The number of nitrogens with one attached hydrogen (secondary N) is 1. The molecule has 1 fully saturated rings. The molecule has 146 valence electrons. The van der Waals surface area contributed by atoms with E-state index in [4.69, 9.17) is 4.74 Å². The number of nitrogens with zero attached hydrogens (tertiary/aromatic N) is 1. The molecule has 0 radical (unpaired) electrons. The maximum absolute atomic E-state index is 12.8. The molecule has 0 spiro atoms. The van der Waals surface area contributed by atoms with E-state index in [0.717, 1.165) is 19.4 Å². The lowest BCUT2D eigenvalue weighted by Crippen LogP contribution is -2.47. The van der Waals surface area contributed by atoms with Gasteiger partial charge in [0.25, 0.3) is 0 Å². The quantitative estimate of drug-likeness (QED) is 0.699. The molecule has 2 aromatic carbocycles. The second-order valence-electron chi connectivity index (χ2n) is 6.54. The van der Waals surface area contributed by atoms with Crippen molar-refractivity contribution in [3.63, 3.8) is 0 Å². The van der Waals surface area contributed by atoms with Crippen molar-refractivity contribution in [1.29, 1.82) is 0 Å². The number of anilines is 1. The molecule has 0 aliphatic carbocycles. The van der Waals surface area contributed by atoms with Crippen LogP contribution >= 0.6 is 11.8 Å². The van der Waals surface area contributed by atoms with E-state index >= 15 is 0 Å². The van der Waals surface area contributed by atoms with Crippen LogP contribution in [0.15, 0.2) is 53.4 Å². The van der Waals surface area contributed by atoms with Crippen molar-refractivity contribution in [2.45, 2.75) is 35.3 Å². The smallest absolute Gasteiger partial charge is 0.446 e. The number of piperidine rings is 1. The molecular weight excluding hydrogens is 373 g/mol. The number of hydrogen-bond donors (Lipinski definition) is 1. The van der Waals surface area contributed by atoms with Gasteiger partial charge in [-0.2, -0.15) is 13.2 Å². The monoisotopic (exact) mass is 396 g/mol. The predicted octanol–water partition coefficient (Wildman–Crippen LogP) is 5.24. The Balaban J connectivity index is 1.92. The van der Waals surface area contributed by atoms with E-state index < -0.39 is 5.51 Å². The van der Waals surface area contributed by atoms with Crippen molar-refractivity contribution in [2.75, 3.05) is 25.6 Å². The van der Waals surface area contributed by atoms with Crippen LogP contribution in [0, 0.1) is 0 Å². The van der Waals surface area contributed by atoms with Gasteiger partial charge in [0.2, 0.25) is 0 Å². The maximum atomic E-state index is 12.8. The fraction of sp³-hybridized carbons (Fsp3) is 0.400. The molecule has 7 heteroatoms. The minimum atomic E-state index is -4.32. The molecule has 0 bridgehead atoms. The van der Waals surface area contributed by atoms with E-state index in [9.17, 15) is 13.2 Å². The Morgan fingerprint density at radius 2 is 1.89 bits per heavy atom. The average Bonchev–Trinajstić information content (AvgIpc) is 2.67. The summed E-state index contributed by atoms with van der Waals surface area (Å²) in [5.41, 5.74) is -2.47. The van der Waals surface area contributed by atoms with Crippen molar-refractivity contribution in [2.24, 2.45) is 0 Å². The van der Waals surface area contributed by atoms with Gasteiger partial charge in [-0.15, -0.1) is 0 Å². The SMILES string of the molecule is COc1ccc(SC(F)(F)F)cc1N(C)[C@@H]1CCCN[C@@H]1c1ccccc1. The summed E-state index contributed by atoms with van der Waals surface area (Å²) in [7, 11) is 3.46. The first kappa shape index (κ1) is 19.9. The Kier molecular flexibility index (Phi) is 6.22. The number of rotatable bonds is 5.